The van der Waals surface area contributed by atoms with Crippen LogP contribution in [0.3, 0.4) is 0 Å². The van der Waals surface area contributed by atoms with Crippen molar-refractivity contribution in [3.05, 3.63) is 59.9 Å². The highest BCUT2D eigenvalue weighted by molar-refractivity contribution is 7.89. The van der Waals surface area contributed by atoms with E-state index in [1.807, 2.05) is 6.07 Å². The van der Waals surface area contributed by atoms with E-state index in [-0.39, 0.29) is 28.6 Å². The number of halogens is 1. The van der Waals surface area contributed by atoms with Gasteiger partial charge in [0, 0.05) is 19.2 Å². The molecule has 0 radical (unpaired) electrons. The van der Waals surface area contributed by atoms with Gasteiger partial charge in [-0.05, 0) is 48.2 Å². The fourth-order valence-electron chi connectivity index (χ4n) is 4.13. The highest BCUT2D eigenvalue weighted by Crippen LogP contribution is 2.45. The maximum absolute atomic E-state index is 13.8. The fraction of sp³-hybridized carbons (Fsp3) is 0.368. The first-order valence-electron chi connectivity index (χ1n) is 8.63. The van der Waals surface area contributed by atoms with E-state index in [9.17, 15) is 12.8 Å². The second-order valence-corrected chi connectivity index (χ2v) is 8.73. The summed E-state index contributed by atoms with van der Waals surface area (Å²) in [6.07, 6.45) is 0. The van der Waals surface area contributed by atoms with E-state index >= 15 is 0 Å². The third-order valence-electron chi connectivity index (χ3n) is 5.36. The molecule has 3 atom stereocenters. The van der Waals surface area contributed by atoms with Crippen LogP contribution in [0.4, 0.5) is 4.39 Å². The van der Waals surface area contributed by atoms with E-state index in [0.29, 0.717) is 17.9 Å². The maximum Gasteiger partial charge on any atom is 0.243 e. The molecule has 0 spiro atoms. The van der Waals surface area contributed by atoms with Crippen LogP contribution < -0.4 is 10.1 Å². The maximum atomic E-state index is 13.8. The molecule has 1 N–H and O–H groups in total. The first-order valence-corrected chi connectivity index (χ1v) is 10.1. The minimum Gasteiger partial charge on any atom is -0.497 e. The number of hydrogen-bond acceptors (Lipinski definition) is 4. The molecular formula is C19H21FN2O3S. The minimum atomic E-state index is -3.72. The number of hydrogen-bond donors (Lipinski definition) is 1. The lowest BCUT2D eigenvalue weighted by Crippen LogP contribution is -2.34. The molecule has 26 heavy (non-hydrogen) atoms. The normalized spacial score (nSPS) is 26.0. The van der Waals surface area contributed by atoms with Gasteiger partial charge in [0.15, 0.2) is 0 Å². The summed E-state index contributed by atoms with van der Waals surface area (Å²) in [7, 11) is -2.21. The van der Waals surface area contributed by atoms with Gasteiger partial charge in [-0.1, -0.05) is 18.2 Å². The monoisotopic (exact) mass is 376 g/mol. The lowest BCUT2D eigenvalue weighted by molar-refractivity contribution is 0.344. The summed E-state index contributed by atoms with van der Waals surface area (Å²) >= 11 is 0. The van der Waals surface area contributed by atoms with E-state index in [0.717, 1.165) is 13.1 Å². The molecule has 0 unspecified atom stereocenters. The molecule has 0 amide bonds. The van der Waals surface area contributed by atoms with Crippen molar-refractivity contribution in [3.8, 4) is 5.75 Å². The van der Waals surface area contributed by atoms with Gasteiger partial charge < -0.3 is 10.1 Å². The summed E-state index contributed by atoms with van der Waals surface area (Å²) in [5.74, 6) is 0.505. The smallest absolute Gasteiger partial charge is 0.243 e. The van der Waals surface area contributed by atoms with Crippen LogP contribution in [0.25, 0.3) is 0 Å². The average molecular weight is 376 g/mol. The van der Waals surface area contributed by atoms with Gasteiger partial charge in [-0.3, -0.25) is 0 Å². The summed E-state index contributed by atoms with van der Waals surface area (Å²) in [4.78, 5) is 0.200. The fourth-order valence-corrected chi connectivity index (χ4v) is 5.88. The molecule has 2 heterocycles. The Morgan fingerprint density at radius 2 is 1.96 bits per heavy atom. The Balaban J connectivity index is 1.78. The van der Waals surface area contributed by atoms with Crippen LogP contribution in [-0.4, -0.2) is 39.5 Å². The van der Waals surface area contributed by atoms with Crippen LogP contribution >= 0.6 is 0 Å². The molecule has 0 aliphatic carbocycles. The van der Waals surface area contributed by atoms with Crippen LogP contribution in [0.2, 0.25) is 0 Å². The van der Waals surface area contributed by atoms with Gasteiger partial charge in [0.05, 0.1) is 18.0 Å². The van der Waals surface area contributed by atoms with Gasteiger partial charge in [-0.2, -0.15) is 4.31 Å². The Morgan fingerprint density at radius 3 is 2.73 bits per heavy atom. The van der Waals surface area contributed by atoms with Crippen LogP contribution in [0.15, 0.2) is 53.4 Å². The highest BCUT2D eigenvalue weighted by Gasteiger charge is 2.49. The molecule has 2 fully saturated rings. The summed E-state index contributed by atoms with van der Waals surface area (Å²) in [5.41, 5.74) is 0.702. The van der Waals surface area contributed by atoms with E-state index < -0.39 is 10.0 Å². The number of ether oxygens (including phenoxy) is 1. The number of benzene rings is 2. The Labute approximate surface area is 152 Å². The Hall–Kier alpha value is -1.96. The van der Waals surface area contributed by atoms with Crippen molar-refractivity contribution >= 4 is 10.0 Å². The Bertz CT molecular complexity index is 919. The topological polar surface area (TPSA) is 58.6 Å². The van der Waals surface area contributed by atoms with Crippen molar-refractivity contribution in [2.45, 2.75) is 10.9 Å². The van der Waals surface area contributed by atoms with Gasteiger partial charge >= 0.3 is 0 Å². The molecule has 2 saturated heterocycles. The Morgan fingerprint density at radius 1 is 1.15 bits per heavy atom. The molecule has 138 valence electrons. The van der Waals surface area contributed by atoms with Crippen molar-refractivity contribution in [2.24, 2.45) is 11.8 Å². The first kappa shape index (κ1) is 17.5. The third-order valence-corrected chi connectivity index (χ3v) is 7.20. The van der Waals surface area contributed by atoms with E-state index in [1.165, 1.54) is 29.6 Å². The molecule has 2 aromatic carbocycles. The second kappa shape index (κ2) is 6.64. The molecule has 0 bridgehead atoms. The molecule has 5 nitrogen and oxygen atoms in total. The second-order valence-electron chi connectivity index (χ2n) is 6.84. The van der Waals surface area contributed by atoms with E-state index in [4.69, 9.17) is 4.74 Å². The number of rotatable bonds is 4. The van der Waals surface area contributed by atoms with Gasteiger partial charge in [-0.25, -0.2) is 12.8 Å². The molecule has 2 aromatic rings. The molecule has 2 aliphatic rings. The van der Waals surface area contributed by atoms with Crippen LogP contribution in [-0.2, 0) is 10.0 Å². The summed E-state index contributed by atoms with van der Waals surface area (Å²) < 4.78 is 47.2. The summed E-state index contributed by atoms with van der Waals surface area (Å²) in [5, 5.41) is 3.33. The average Bonchev–Trinajstić information content (AvgIpc) is 3.23. The van der Waals surface area contributed by atoms with Crippen molar-refractivity contribution < 1.29 is 17.5 Å². The number of fused-ring (bicyclic) bond motifs is 1. The van der Waals surface area contributed by atoms with Crippen LogP contribution in [0.1, 0.15) is 11.6 Å². The number of sulfonamides is 1. The number of methoxy groups -OCH3 is 1. The predicted octanol–water partition coefficient (Wildman–Crippen LogP) is 2.42. The van der Waals surface area contributed by atoms with E-state index in [2.05, 4.69) is 5.32 Å². The molecule has 7 heteroatoms. The van der Waals surface area contributed by atoms with Crippen LogP contribution in [0.5, 0.6) is 5.75 Å². The standard InChI is InChI=1S/C19H21FN2O3S/c1-25-16-6-3-7-17(9-16)26(23,24)22-12-14-10-21-11-18(14)19(22)13-4-2-5-15(20)8-13/h2-9,14,18-19,21H,10-12H2,1H3/t14-,18-,19-/m0/s1. The lowest BCUT2D eigenvalue weighted by atomic mass is 9.90. The molecular weight excluding hydrogens is 355 g/mol. The zero-order valence-corrected chi connectivity index (χ0v) is 15.2. The van der Waals surface area contributed by atoms with Crippen molar-refractivity contribution in [2.75, 3.05) is 26.7 Å². The van der Waals surface area contributed by atoms with Gasteiger partial charge in [-0.15, -0.1) is 0 Å². The van der Waals surface area contributed by atoms with Gasteiger partial charge in [0.25, 0.3) is 0 Å². The quantitative estimate of drug-likeness (QED) is 0.890. The highest BCUT2D eigenvalue weighted by atomic mass is 32.2. The van der Waals surface area contributed by atoms with Gasteiger partial charge in [0.2, 0.25) is 10.0 Å². The molecule has 2 aliphatic heterocycles. The lowest BCUT2D eigenvalue weighted by Gasteiger charge is -2.28. The Kier molecular flexibility index (Phi) is 4.46. The first-order chi connectivity index (χ1) is 12.5. The third kappa shape index (κ3) is 2.90. The minimum absolute atomic E-state index is 0.136. The van der Waals surface area contributed by atoms with E-state index in [1.54, 1.807) is 24.3 Å². The summed E-state index contributed by atoms with van der Waals surface area (Å²) in [6.45, 7) is 1.94. The van der Waals surface area contributed by atoms with Crippen molar-refractivity contribution in [1.29, 1.82) is 0 Å². The predicted molar refractivity (Wildman–Crippen MR) is 95.9 cm³/mol. The molecule has 4 rings (SSSR count). The number of nitrogens with zero attached hydrogens (tertiary/aromatic N) is 1. The van der Waals surface area contributed by atoms with Gasteiger partial charge in [0.1, 0.15) is 11.6 Å². The summed E-state index contributed by atoms with van der Waals surface area (Å²) in [6, 6.07) is 12.4. The molecule has 0 saturated carbocycles. The largest absolute Gasteiger partial charge is 0.497 e. The van der Waals surface area contributed by atoms with Crippen molar-refractivity contribution in [1.82, 2.24) is 9.62 Å². The van der Waals surface area contributed by atoms with Crippen molar-refractivity contribution in [3.63, 3.8) is 0 Å². The zero-order chi connectivity index (χ0) is 18.3. The molecule has 0 aromatic heterocycles. The number of nitrogens with one attached hydrogen (secondary N) is 1. The van der Waals surface area contributed by atoms with Crippen LogP contribution in [0, 0.1) is 17.7 Å². The zero-order valence-electron chi connectivity index (χ0n) is 14.4. The SMILES string of the molecule is COc1cccc(S(=O)(=O)N2C[C@@H]3CNC[C@@H]3[C@@H]2c2cccc(F)c2)c1.